The molecule has 0 heterocycles. The van der Waals surface area contributed by atoms with Crippen LogP contribution < -0.4 is 16.5 Å². The molecule has 7 heteroatoms. The number of carbonyl (C=O) groups is 1. The first-order chi connectivity index (χ1) is 6.50. The minimum Gasteiger partial charge on any atom is -0.423 e. The molecule has 0 aliphatic heterocycles. The Morgan fingerprint density at radius 2 is 2.14 bits per heavy atom. The molecule has 2 amide bonds. The minimum absolute atomic E-state index is 0.00230. The summed E-state index contributed by atoms with van der Waals surface area (Å²) in [4.78, 5) is 10.4. The van der Waals surface area contributed by atoms with Gasteiger partial charge in [0.15, 0.2) is 0 Å². The number of rotatable bonds is 2. The molecule has 1 aromatic rings. The van der Waals surface area contributed by atoms with Crippen LogP contribution in [0.5, 0.6) is 0 Å². The summed E-state index contributed by atoms with van der Waals surface area (Å²) in [5, 5.41) is 19.4. The second-order valence-corrected chi connectivity index (χ2v) is 2.60. The third kappa shape index (κ3) is 2.44. The molecule has 14 heavy (non-hydrogen) atoms. The highest BCUT2D eigenvalue weighted by molar-refractivity contribution is 6.58. The summed E-state index contributed by atoms with van der Waals surface area (Å²) in [5.74, 6) is -0.783. The first kappa shape index (κ1) is 10.5. The molecule has 0 saturated carbocycles. The van der Waals surface area contributed by atoms with E-state index in [4.69, 9.17) is 15.8 Å². The van der Waals surface area contributed by atoms with Crippen molar-refractivity contribution in [2.24, 2.45) is 5.73 Å². The average Bonchev–Trinajstić information content (AvgIpc) is 2.07. The van der Waals surface area contributed by atoms with E-state index < -0.39 is 19.0 Å². The van der Waals surface area contributed by atoms with Gasteiger partial charge in [-0.15, -0.1) is 0 Å². The third-order valence-corrected chi connectivity index (χ3v) is 1.55. The summed E-state index contributed by atoms with van der Waals surface area (Å²) in [6, 6.07) is 2.46. The molecular formula is C7H8BFN2O3. The van der Waals surface area contributed by atoms with E-state index in [0.717, 1.165) is 6.07 Å². The Kier molecular flexibility index (Phi) is 3.05. The lowest BCUT2D eigenvalue weighted by Crippen LogP contribution is -2.30. The Bertz CT molecular complexity index is 359. The first-order valence-electron chi connectivity index (χ1n) is 3.72. The molecule has 1 rings (SSSR count). The van der Waals surface area contributed by atoms with Crippen molar-refractivity contribution in [2.45, 2.75) is 0 Å². The number of amides is 2. The minimum atomic E-state index is -1.74. The molecule has 0 aromatic heterocycles. The average molecular weight is 198 g/mol. The van der Waals surface area contributed by atoms with Crippen molar-refractivity contribution in [1.29, 1.82) is 0 Å². The van der Waals surface area contributed by atoms with Gasteiger partial charge in [0.2, 0.25) is 0 Å². The summed E-state index contributed by atoms with van der Waals surface area (Å²) in [7, 11) is -1.74. The lowest BCUT2D eigenvalue weighted by molar-refractivity contribution is 0.259. The summed E-state index contributed by atoms with van der Waals surface area (Å²) >= 11 is 0. The van der Waals surface area contributed by atoms with E-state index >= 15 is 0 Å². The zero-order chi connectivity index (χ0) is 10.7. The highest BCUT2D eigenvalue weighted by Gasteiger charge is 2.13. The van der Waals surface area contributed by atoms with Crippen LogP contribution in [0.4, 0.5) is 14.9 Å². The third-order valence-electron chi connectivity index (χ3n) is 1.55. The summed E-state index contributed by atoms with van der Waals surface area (Å²) in [6.07, 6.45) is 0. The molecule has 5 N–H and O–H groups in total. The molecule has 0 unspecified atom stereocenters. The largest absolute Gasteiger partial charge is 0.488 e. The van der Waals surface area contributed by atoms with Gasteiger partial charge in [-0.2, -0.15) is 0 Å². The van der Waals surface area contributed by atoms with E-state index in [-0.39, 0.29) is 11.2 Å². The number of hydrogen-bond acceptors (Lipinski definition) is 3. The standard InChI is InChI=1S/C7H8BFN2O3/c9-5-3-4(8(13)14)1-2-6(5)11-7(10)12/h1-3,13-14H,(H3,10,11,12). The molecule has 0 aliphatic rings. The van der Waals surface area contributed by atoms with Crippen LogP contribution in [0, 0.1) is 5.82 Å². The second kappa shape index (κ2) is 4.08. The van der Waals surface area contributed by atoms with Crippen molar-refractivity contribution in [1.82, 2.24) is 0 Å². The number of hydrogen-bond donors (Lipinski definition) is 4. The monoisotopic (exact) mass is 198 g/mol. The molecule has 0 radical (unpaired) electrons. The predicted molar refractivity (Wildman–Crippen MR) is 49.4 cm³/mol. The molecule has 0 atom stereocenters. The van der Waals surface area contributed by atoms with E-state index in [2.05, 4.69) is 0 Å². The molecule has 5 nitrogen and oxygen atoms in total. The summed E-state index contributed by atoms with van der Waals surface area (Å²) in [5.41, 5.74) is 4.66. The summed E-state index contributed by atoms with van der Waals surface area (Å²) < 4.78 is 13.1. The van der Waals surface area contributed by atoms with Gasteiger partial charge in [0, 0.05) is 0 Å². The van der Waals surface area contributed by atoms with Gasteiger partial charge >= 0.3 is 13.1 Å². The predicted octanol–water partition coefficient (Wildman–Crippen LogP) is -1.00. The topological polar surface area (TPSA) is 95.6 Å². The highest BCUT2D eigenvalue weighted by atomic mass is 19.1. The molecule has 0 spiro atoms. The van der Waals surface area contributed by atoms with E-state index in [1.807, 2.05) is 5.32 Å². The first-order valence-corrected chi connectivity index (χ1v) is 3.72. The van der Waals surface area contributed by atoms with Gasteiger partial charge in [0.05, 0.1) is 5.69 Å². The van der Waals surface area contributed by atoms with Gasteiger partial charge in [-0.05, 0) is 17.6 Å². The number of primary amides is 1. The maximum atomic E-state index is 13.1. The van der Waals surface area contributed by atoms with Crippen LogP contribution in [-0.4, -0.2) is 23.2 Å². The van der Waals surface area contributed by atoms with Gasteiger partial charge in [0.1, 0.15) is 5.82 Å². The van der Waals surface area contributed by atoms with Crippen LogP contribution >= 0.6 is 0 Å². The zero-order valence-electron chi connectivity index (χ0n) is 7.07. The maximum absolute atomic E-state index is 13.1. The SMILES string of the molecule is NC(=O)Nc1ccc(B(O)O)cc1F. The number of urea groups is 1. The Morgan fingerprint density at radius 1 is 1.50 bits per heavy atom. The molecular weight excluding hydrogens is 190 g/mol. The number of anilines is 1. The molecule has 0 saturated heterocycles. The smallest absolute Gasteiger partial charge is 0.423 e. The maximum Gasteiger partial charge on any atom is 0.488 e. The Balaban J connectivity index is 2.95. The van der Waals surface area contributed by atoms with Gasteiger partial charge in [-0.1, -0.05) is 6.07 Å². The van der Waals surface area contributed by atoms with Crippen molar-refractivity contribution < 1.29 is 19.2 Å². The van der Waals surface area contributed by atoms with E-state index in [1.54, 1.807) is 0 Å². The van der Waals surface area contributed by atoms with Crippen molar-refractivity contribution in [3.8, 4) is 0 Å². The second-order valence-electron chi connectivity index (χ2n) is 2.60. The number of benzene rings is 1. The van der Waals surface area contributed by atoms with Gasteiger partial charge in [-0.3, -0.25) is 0 Å². The van der Waals surface area contributed by atoms with Crippen LogP contribution in [0.2, 0.25) is 0 Å². The summed E-state index contributed by atoms with van der Waals surface area (Å²) in [6.45, 7) is 0. The highest BCUT2D eigenvalue weighted by Crippen LogP contribution is 2.10. The zero-order valence-corrected chi connectivity index (χ0v) is 7.07. The molecule has 74 valence electrons. The molecule has 1 aromatic carbocycles. The van der Waals surface area contributed by atoms with Crippen molar-refractivity contribution in [3.63, 3.8) is 0 Å². The number of carbonyl (C=O) groups excluding carboxylic acids is 1. The lowest BCUT2D eigenvalue weighted by Gasteiger charge is -2.05. The molecule has 0 fully saturated rings. The van der Waals surface area contributed by atoms with E-state index in [1.165, 1.54) is 12.1 Å². The Labute approximate surface area is 79.5 Å². The van der Waals surface area contributed by atoms with Crippen LogP contribution in [0.25, 0.3) is 0 Å². The fourth-order valence-corrected chi connectivity index (χ4v) is 0.926. The van der Waals surface area contributed by atoms with Crippen LogP contribution in [0.1, 0.15) is 0 Å². The van der Waals surface area contributed by atoms with Crippen molar-refractivity contribution >= 4 is 24.3 Å². The fourth-order valence-electron chi connectivity index (χ4n) is 0.926. The van der Waals surface area contributed by atoms with E-state index in [0.29, 0.717) is 0 Å². The van der Waals surface area contributed by atoms with Crippen LogP contribution in [0.15, 0.2) is 18.2 Å². The Hall–Kier alpha value is -1.60. The number of nitrogens with one attached hydrogen (secondary N) is 1. The Morgan fingerprint density at radius 3 is 2.57 bits per heavy atom. The normalized spacial score (nSPS) is 9.64. The van der Waals surface area contributed by atoms with Gasteiger partial charge < -0.3 is 21.1 Å². The van der Waals surface area contributed by atoms with Crippen LogP contribution in [0.3, 0.4) is 0 Å². The lowest BCUT2D eigenvalue weighted by atomic mass is 9.80. The molecule has 0 aliphatic carbocycles. The van der Waals surface area contributed by atoms with Crippen molar-refractivity contribution in [3.05, 3.63) is 24.0 Å². The van der Waals surface area contributed by atoms with Gasteiger partial charge in [-0.25, -0.2) is 9.18 Å². The number of nitrogens with two attached hydrogens (primary N) is 1. The van der Waals surface area contributed by atoms with E-state index in [9.17, 15) is 9.18 Å². The van der Waals surface area contributed by atoms with Crippen LogP contribution in [-0.2, 0) is 0 Å². The van der Waals surface area contributed by atoms with Crippen molar-refractivity contribution in [2.75, 3.05) is 5.32 Å². The quantitative estimate of drug-likeness (QED) is 0.458. The fraction of sp³-hybridized carbons (Fsp3) is 0. The van der Waals surface area contributed by atoms with Gasteiger partial charge in [0.25, 0.3) is 0 Å². The molecule has 0 bridgehead atoms. The number of halogens is 1.